The summed E-state index contributed by atoms with van der Waals surface area (Å²) in [4.78, 5) is 26.8. The number of aliphatic hydroxyl groups excluding tert-OH is 1. The number of nitrogens with one attached hydrogen (secondary N) is 3. The van der Waals surface area contributed by atoms with Crippen LogP contribution in [0.25, 0.3) is 11.3 Å². The van der Waals surface area contributed by atoms with Crippen molar-refractivity contribution in [3.63, 3.8) is 0 Å². The number of aliphatic hydroxyl groups is 1. The van der Waals surface area contributed by atoms with Gasteiger partial charge in [0.1, 0.15) is 5.69 Å². The molecule has 11 heteroatoms. The Hall–Kier alpha value is -3.83. The Bertz CT molecular complexity index is 1580. The van der Waals surface area contributed by atoms with Gasteiger partial charge in [-0.25, -0.2) is 9.49 Å². The molecule has 0 aliphatic heterocycles. The predicted octanol–water partition coefficient (Wildman–Crippen LogP) is 4.60. The van der Waals surface area contributed by atoms with Crippen molar-refractivity contribution in [3.05, 3.63) is 73.1 Å². The molecule has 1 amide bonds. The van der Waals surface area contributed by atoms with Crippen LogP contribution in [0.4, 0.5) is 21.6 Å². The van der Waals surface area contributed by atoms with Crippen LogP contribution in [0.2, 0.25) is 0 Å². The number of carbonyl (C=O) groups excluding carboxylic acids is 1. The number of thiophene rings is 1. The van der Waals surface area contributed by atoms with Gasteiger partial charge in [-0.15, -0.1) is 11.3 Å². The van der Waals surface area contributed by atoms with Gasteiger partial charge >= 0.3 is 0 Å². The van der Waals surface area contributed by atoms with E-state index < -0.39 is 23.4 Å². The van der Waals surface area contributed by atoms with Crippen molar-refractivity contribution < 1.29 is 14.3 Å². The van der Waals surface area contributed by atoms with E-state index in [1.54, 1.807) is 42.9 Å². The molecular formula is C26H27FN6O3S. The van der Waals surface area contributed by atoms with E-state index in [-0.39, 0.29) is 28.0 Å². The molecule has 37 heavy (non-hydrogen) atoms. The van der Waals surface area contributed by atoms with Crippen LogP contribution in [0, 0.1) is 25.1 Å². The molecule has 5 rings (SSSR count). The number of H-pyrrole nitrogens is 1. The highest BCUT2D eigenvalue weighted by atomic mass is 32.1. The number of amides is 1. The maximum atomic E-state index is 15.7. The Balaban J connectivity index is 1.44. The largest absolute Gasteiger partial charge is 0.388 e. The van der Waals surface area contributed by atoms with Gasteiger partial charge in [-0.1, -0.05) is 19.9 Å². The molecule has 1 unspecified atom stereocenters. The van der Waals surface area contributed by atoms with Crippen LogP contribution < -0.4 is 16.2 Å². The summed E-state index contributed by atoms with van der Waals surface area (Å²) in [6, 6.07) is 8.13. The van der Waals surface area contributed by atoms with E-state index >= 15 is 4.39 Å². The molecule has 1 aromatic carbocycles. The first-order chi connectivity index (χ1) is 17.4. The molecule has 1 aliphatic rings. The molecular weight excluding hydrogens is 495 g/mol. The lowest BCUT2D eigenvalue weighted by Gasteiger charge is -2.22. The summed E-state index contributed by atoms with van der Waals surface area (Å²) in [7, 11) is 1.78. The lowest BCUT2D eigenvalue weighted by atomic mass is 9.88. The zero-order valence-electron chi connectivity index (χ0n) is 21.1. The zero-order valence-corrected chi connectivity index (χ0v) is 21.9. The topological polar surface area (TPSA) is 125 Å². The van der Waals surface area contributed by atoms with E-state index in [4.69, 9.17) is 0 Å². The van der Waals surface area contributed by atoms with Crippen molar-refractivity contribution in [1.29, 1.82) is 0 Å². The molecule has 0 bridgehead atoms. The highest BCUT2D eigenvalue weighted by molar-refractivity contribution is 7.14. The molecule has 1 aliphatic carbocycles. The molecule has 0 saturated heterocycles. The lowest BCUT2D eigenvalue weighted by Crippen LogP contribution is -2.18. The monoisotopic (exact) mass is 522 g/mol. The summed E-state index contributed by atoms with van der Waals surface area (Å²) in [5.74, 6) is -0.653. The van der Waals surface area contributed by atoms with E-state index in [9.17, 15) is 14.7 Å². The number of nitrogens with zero attached hydrogens (tertiary/aromatic N) is 3. The first-order valence-electron chi connectivity index (χ1n) is 11.7. The van der Waals surface area contributed by atoms with Gasteiger partial charge in [-0.2, -0.15) is 10.2 Å². The van der Waals surface area contributed by atoms with Gasteiger partial charge in [0, 0.05) is 29.2 Å². The second-order valence-corrected chi connectivity index (χ2v) is 11.2. The van der Waals surface area contributed by atoms with Crippen LogP contribution in [-0.2, 0) is 13.5 Å². The van der Waals surface area contributed by atoms with Crippen LogP contribution in [0.3, 0.4) is 0 Å². The fourth-order valence-corrected chi connectivity index (χ4v) is 5.78. The number of rotatable bonds is 5. The van der Waals surface area contributed by atoms with Crippen molar-refractivity contribution in [3.8, 4) is 11.3 Å². The van der Waals surface area contributed by atoms with Crippen LogP contribution in [-0.4, -0.2) is 31.0 Å². The van der Waals surface area contributed by atoms with Gasteiger partial charge in [-0.3, -0.25) is 14.3 Å². The minimum atomic E-state index is -0.669. The van der Waals surface area contributed by atoms with Crippen molar-refractivity contribution in [2.75, 3.05) is 10.6 Å². The number of carbonyl (C=O) groups is 1. The number of aromatic nitrogens is 4. The third-order valence-corrected chi connectivity index (χ3v) is 7.91. The van der Waals surface area contributed by atoms with E-state index in [2.05, 4.69) is 25.9 Å². The summed E-state index contributed by atoms with van der Waals surface area (Å²) >= 11 is 1.31. The fourth-order valence-electron chi connectivity index (χ4n) is 4.45. The Morgan fingerprint density at radius 3 is 2.70 bits per heavy atom. The zero-order chi connectivity index (χ0) is 26.6. The van der Waals surface area contributed by atoms with Gasteiger partial charge in [0.2, 0.25) is 0 Å². The van der Waals surface area contributed by atoms with Crippen LogP contribution in [0.5, 0.6) is 0 Å². The maximum Gasteiger partial charge on any atom is 0.287 e. The van der Waals surface area contributed by atoms with Crippen LogP contribution >= 0.6 is 11.3 Å². The molecule has 1 atom stereocenters. The Labute approximate surface area is 216 Å². The molecule has 4 aromatic rings. The van der Waals surface area contributed by atoms with Gasteiger partial charge in [0.05, 0.1) is 22.4 Å². The van der Waals surface area contributed by atoms with Gasteiger partial charge < -0.3 is 15.7 Å². The third-order valence-electron chi connectivity index (χ3n) is 6.76. The van der Waals surface area contributed by atoms with E-state index in [0.717, 1.165) is 16.1 Å². The smallest absolute Gasteiger partial charge is 0.287 e. The highest BCUT2D eigenvalue weighted by Crippen LogP contribution is 2.48. The molecule has 3 heterocycles. The summed E-state index contributed by atoms with van der Waals surface area (Å²) in [6.07, 6.45) is 0.0302. The molecule has 3 aromatic heterocycles. The first kappa shape index (κ1) is 24.8. The first-order valence-corrected chi connectivity index (χ1v) is 12.5. The van der Waals surface area contributed by atoms with Crippen molar-refractivity contribution in [1.82, 2.24) is 20.0 Å². The SMILES string of the molecule is Cc1ccc(-c2cc(Nc3cc(C)n(C)n3)c(=O)[nH]n2)c(F)c1NC(=O)c1cc2c(s1)CC(C)(C)C2O. The Kier molecular flexibility index (Phi) is 5.99. The summed E-state index contributed by atoms with van der Waals surface area (Å²) < 4.78 is 17.4. The predicted molar refractivity (Wildman–Crippen MR) is 141 cm³/mol. The molecule has 0 fully saturated rings. The highest BCUT2D eigenvalue weighted by Gasteiger charge is 2.40. The average molecular weight is 523 g/mol. The summed E-state index contributed by atoms with van der Waals surface area (Å²) in [5.41, 5.74) is 1.91. The van der Waals surface area contributed by atoms with Gasteiger partial charge in [0.15, 0.2) is 11.6 Å². The molecule has 0 saturated carbocycles. The van der Waals surface area contributed by atoms with Crippen molar-refractivity contribution in [2.24, 2.45) is 12.5 Å². The molecule has 0 spiro atoms. The minimum Gasteiger partial charge on any atom is -0.388 e. The van der Waals surface area contributed by atoms with E-state index in [1.165, 1.54) is 17.4 Å². The Morgan fingerprint density at radius 1 is 1.27 bits per heavy atom. The average Bonchev–Trinajstić information content (AvgIpc) is 3.45. The summed E-state index contributed by atoms with van der Waals surface area (Å²) in [5, 5.41) is 26.9. The maximum absolute atomic E-state index is 15.7. The Morgan fingerprint density at radius 2 is 2.03 bits per heavy atom. The number of fused-ring (bicyclic) bond motifs is 1. The third kappa shape index (κ3) is 4.44. The second kappa shape index (κ2) is 8.93. The number of benzene rings is 1. The number of aromatic amines is 1. The fraction of sp³-hybridized carbons (Fsp3) is 0.308. The number of hydrogen-bond acceptors (Lipinski definition) is 7. The quantitative estimate of drug-likeness (QED) is 0.304. The van der Waals surface area contributed by atoms with Crippen LogP contribution in [0.1, 0.15) is 51.3 Å². The van der Waals surface area contributed by atoms with Crippen molar-refractivity contribution >= 4 is 34.4 Å². The van der Waals surface area contributed by atoms with Crippen LogP contribution in [0.15, 0.2) is 35.1 Å². The normalized spacial score (nSPS) is 16.0. The van der Waals surface area contributed by atoms with Gasteiger partial charge in [0.25, 0.3) is 11.5 Å². The second-order valence-electron chi connectivity index (χ2n) is 10.0. The molecule has 9 nitrogen and oxygen atoms in total. The summed E-state index contributed by atoms with van der Waals surface area (Å²) in [6.45, 7) is 7.54. The van der Waals surface area contributed by atoms with Gasteiger partial charge in [-0.05, 0) is 55.0 Å². The minimum absolute atomic E-state index is 0.0276. The number of aryl methyl sites for hydroxylation is 3. The van der Waals surface area contributed by atoms with E-state index in [1.807, 2.05) is 20.8 Å². The number of anilines is 3. The number of hydrogen-bond donors (Lipinski definition) is 4. The molecule has 0 radical (unpaired) electrons. The molecule has 192 valence electrons. The number of halogens is 1. The lowest BCUT2D eigenvalue weighted by molar-refractivity contribution is 0.0665. The molecule has 4 N–H and O–H groups in total. The van der Waals surface area contributed by atoms with E-state index in [0.29, 0.717) is 22.7 Å². The standard InChI is InChI=1S/C26H27FN6O3S/c1-12-6-7-14(16-10-17(24(35)31-30-16)28-20-8-13(2)33(5)32-20)21(27)22(12)29-25(36)18-9-15-19(37-18)11-26(3,4)23(15)34/h6-10,23,34H,11H2,1-5H3,(H,29,36)(H,31,35)(H,28,30,32). The van der Waals surface area contributed by atoms with Crippen molar-refractivity contribution in [2.45, 2.75) is 40.2 Å².